The lowest BCUT2D eigenvalue weighted by Crippen LogP contribution is -2.22. The largest absolute Gasteiger partial charge is 0.465 e. The van der Waals surface area contributed by atoms with Crippen molar-refractivity contribution in [1.29, 1.82) is 0 Å². The molecule has 118 valence electrons. The summed E-state index contributed by atoms with van der Waals surface area (Å²) in [5, 5.41) is 0. The van der Waals surface area contributed by atoms with Crippen LogP contribution in [0, 0.1) is 0 Å². The molecule has 2 aromatic heterocycles. The normalized spacial score (nSPS) is 12.4. The number of Topliss-reactive ketones (excluding diaryl/α,β-unsaturated/α-hetero) is 1. The van der Waals surface area contributed by atoms with Gasteiger partial charge in [-0.1, -0.05) is 0 Å². The van der Waals surface area contributed by atoms with Gasteiger partial charge in [-0.3, -0.25) is 9.59 Å². The maximum atomic E-state index is 12.5. The van der Waals surface area contributed by atoms with Crippen LogP contribution in [0.1, 0.15) is 55.5 Å². The van der Waals surface area contributed by atoms with Gasteiger partial charge in [0.15, 0.2) is 11.6 Å². The van der Waals surface area contributed by atoms with Crippen molar-refractivity contribution in [1.82, 2.24) is 14.5 Å². The predicted octanol–water partition coefficient (Wildman–Crippen LogP) is 2.71. The molecule has 0 aliphatic carbocycles. The highest BCUT2D eigenvalue weighted by Crippen LogP contribution is 2.22. The Balaban J connectivity index is 2.21. The van der Waals surface area contributed by atoms with E-state index in [-0.39, 0.29) is 24.9 Å². The molecule has 1 atom stereocenters. The van der Waals surface area contributed by atoms with E-state index in [1.54, 1.807) is 42.2 Å². The number of carbonyl (C=O) groups is 2. The van der Waals surface area contributed by atoms with E-state index in [1.165, 1.54) is 0 Å². The van der Waals surface area contributed by atoms with Crippen LogP contribution < -0.4 is 0 Å². The van der Waals surface area contributed by atoms with E-state index in [0.29, 0.717) is 11.5 Å². The van der Waals surface area contributed by atoms with Crippen molar-refractivity contribution in [2.45, 2.75) is 39.2 Å². The van der Waals surface area contributed by atoms with Crippen LogP contribution in [0.2, 0.25) is 0 Å². The fourth-order valence-electron chi connectivity index (χ4n) is 2.35. The number of aromatic amines is 1. The maximum absolute atomic E-state index is 12.5. The van der Waals surface area contributed by atoms with Gasteiger partial charge in [0.2, 0.25) is 0 Å². The summed E-state index contributed by atoms with van der Waals surface area (Å²) in [5.41, 5.74) is 0.675. The highest BCUT2D eigenvalue weighted by molar-refractivity contribution is 5.96. The highest BCUT2D eigenvalue weighted by Gasteiger charge is 2.28. The van der Waals surface area contributed by atoms with Crippen LogP contribution >= 0.6 is 0 Å². The van der Waals surface area contributed by atoms with Crippen LogP contribution in [0.4, 0.5) is 0 Å². The Kier molecular flexibility index (Phi) is 5.14. The maximum Gasteiger partial charge on any atom is 0.315 e. The van der Waals surface area contributed by atoms with Gasteiger partial charge in [-0.2, -0.15) is 0 Å². The first kappa shape index (κ1) is 16.0. The molecule has 2 rings (SSSR count). The number of rotatable bonds is 7. The Bertz CT molecular complexity index is 629. The molecule has 6 heteroatoms. The Labute approximate surface area is 129 Å². The third kappa shape index (κ3) is 3.44. The molecule has 2 aromatic rings. The number of imidazole rings is 1. The fraction of sp³-hybridized carbons (Fsp3) is 0.438. The lowest BCUT2D eigenvalue weighted by Gasteiger charge is -2.15. The summed E-state index contributed by atoms with van der Waals surface area (Å²) in [4.78, 5) is 31.8. The molecule has 0 aliphatic rings. The van der Waals surface area contributed by atoms with Gasteiger partial charge in [0.25, 0.3) is 0 Å². The summed E-state index contributed by atoms with van der Waals surface area (Å²) in [7, 11) is 0. The minimum atomic E-state index is -0.639. The second-order valence-corrected chi connectivity index (χ2v) is 5.31. The first-order valence-corrected chi connectivity index (χ1v) is 7.40. The number of aromatic nitrogens is 3. The Morgan fingerprint density at radius 3 is 2.77 bits per heavy atom. The number of nitrogens with zero attached hydrogens (tertiary/aromatic N) is 2. The average molecular weight is 303 g/mol. The summed E-state index contributed by atoms with van der Waals surface area (Å²) >= 11 is 0. The smallest absolute Gasteiger partial charge is 0.315 e. The van der Waals surface area contributed by atoms with Gasteiger partial charge in [-0.15, -0.1) is 0 Å². The number of hydrogen-bond donors (Lipinski definition) is 1. The summed E-state index contributed by atoms with van der Waals surface area (Å²) in [6.45, 7) is 5.99. The molecule has 0 spiro atoms. The van der Waals surface area contributed by atoms with Gasteiger partial charge in [0, 0.05) is 36.7 Å². The molecular formula is C16H21N3O3. The van der Waals surface area contributed by atoms with Gasteiger partial charge >= 0.3 is 5.97 Å². The molecule has 0 aliphatic heterocycles. The highest BCUT2D eigenvalue weighted by atomic mass is 16.5. The Morgan fingerprint density at radius 2 is 2.18 bits per heavy atom. The van der Waals surface area contributed by atoms with Gasteiger partial charge < -0.3 is 14.3 Å². The summed E-state index contributed by atoms with van der Waals surface area (Å²) in [6, 6.07) is 3.71. The van der Waals surface area contributed by atoms with E-state index in [0.717, 1.165) is 0 Å². The molecule has 0 bridgehead atoms. The van der Waals surface area contributed by atoms with Crippen molar-refractivity contribution >= 4 is 11.8 Å². The predicted molar refractivity (Wildman–Crippen MR) is 81.7 cm³/mol. The minimum absolute atomic E-state index is 0.0308. The molecule has 6 nitrogen and oxygen atoms in total. The second kappa shape index (κ2) is 7.06. The molecular weight excluding hydrogens is 282 g/mol. The van der Waals surface area contributed by atoms with E-state index >= 15 is 0 Å². The number of ketones is 1. The van der Waals surface area contributed by atoms with Crippen LogP contribution in [0.25, 0.3) is 0 Å². The third-order valence-electron chi connectivity index (χ3n) is 3.43. The third-order valence-corrected chi connectivity index (χ3v) is 3.43. The van der Waals surface area contributed by atoms with E-state index in [2.05, 4.69) is 9.97 Å². The van der Waals surface area contributed by atoms with Crippen molar-refractivity contribution < 1.29 is 14.3 Å². The zero-order valence-corrected chi connectivity index (χ0v) is 13.1. The van der Waals surface area contributed by atoms with Gasteiger partial charge in [0.05, 0.1) is 6.61 Å². The van der Waals surface area contributed by atoms with Crippen molar-refractivity contribution in [3.05, 3.63) is 42.2 Å². The topological polar surface area (TPSA) is 77.0 Å². The lowest BCUT2D eigenvalue weighted by molar-refractivity contribution is -0.145. The van der Waals surface area contributed by atoms with Gasteiger partial charge in [-0.25, -0.2) is 4.98 Å². The first-order chi connectivity index (χ1) is 10.5. The summed E-state index contributed by atoms with van der Waals surface area (Å²) < 4.78 is 6.89. The molecule has 0 aromatic carbocycles. The van der Waals surface area contributed by atoms with Crippen molar-refractivity contribution in [2.75, 3.05) is 6.61 Å². The van der Waals surface area contributed by atoms with Crippen LogP contribution in [-0.4, -0.2) is 32.9 Å². The summed E-state index contributed by atoms with van der Waals surface area (Å²) in [6.07, 6.45) is 5.12. The zero-order chi connectivity index (χ0) is 16.1. The van der Waals surface area contributed by atoms with Crippen LogP contribution in [0.5, 0.6) is 0 Å². The van der Waals surface area contributed by atoms with Crippen molar-refractivity contribution in [3.8, 4) is 0 Å². The molecule has 1 N–H and O–H groups in total. The van der Waals surface area contributed by atoms with E-state index < -0.39 is 11.9 Å². The van der Waals surface area contributed by atoms with Gasteiger partial charge in [0.1, 0.15) is 5.92 Å². The van der Waals surface area contributed by atoms with Crippen molar-refractivity contribution in [2.24, 2.45) is 0 Å². The second-order valence-electron chi connectivity index (χ2n) is 5.31. The minimum Gasteiger partial charge on any atom is -0.465 e. The number of nitrogens with one attached hydrogen (secondary N) is 1. The number of H-pyrrole nitrogens is 1. The standard InChI is InChI=1S/C16H21N3O3/c1-4-22-16(21)12(13-6-5-7-17-13)10-14(20)15-18-8-9-19(15)11(2)3/h5-9,11-12,17H,4,10H2,1-3H3/t12-/m1/s1. The van der Waals surface area contributed by atoms with Crippen LogP contribution in [-0.2, 0) is 9.53 Å². The Morgan fingerprint density at radius 1 is 1.41 bits per heavy atom. The molecule has 0 radical (unpaired) electrons. The molecule has 22 heavy (non-hydrogen) atoms. The Hall–Kier alpha value is -2.37. The lowest BCUT2D eigenvalue weighted by atomic mass is 9.98. The fourth-order valence-corrected chi connectivity index (χ4v) is 2.35. The van der Waals surface area contributed by atoms with Crippen LogP contribution in [0.3, 0.4) is 0 Å². The first-order valence-electron chi connectivity index (χ1n) is 7.40. The monoisotopic (exact) mass is 303 g/mol. The molecule has 0 saturated carbocycles. The van der Waals surface area contributed by atoms with Crippen molar-refractivity contribution in [3.63, 3.8) is 0 Å². The zero-order valence-electron chi connectivity index (χ0n) is 13.1. The van der Waals surface area contributed by atoms with E-state index in [9.17, 15) is 9.59 Å². The number of carbonyl (C=O) groups excluding carboxylic acids is 2. The van der Waals surface area contributed by atoms with E-state index in [4.69, 9.17) is 4.74 Å². The number of ether oxygens (including phenoxy) is 1. The number of hydrogen-bond acceptors (Lipinski definition) is 4. The SMILES string of the molecule is CCOC(=O)[C@H](CC(=O)c1nccn1C(C)C)c1ccc[nH]1. The quantitative estimate of drug-likeness (QED) is 0.630. The molecule has 0 fully saturated rings. The molecule has 0 amide bonds. The molecule has 2 heterocycles. The number of esters is 1. The average Bonchev–Trinajstić information content (AvgIpc) is 3.15. The molecule has 0 saturated heterocycles. The van der Waals surface area contributed by atoms with Gasteiger partial charge in [-0.05, 0) is 32.9 Å². The molecule has 0 unspecified atom stereocenters. The summed E-state index contributed by atoms with van der Waals surface area (Å²) in [5.74, 6) is -0.845. The van der Waals surface area contributed by atoms with Crippen LogP contribution in [0.15, 0.2) is 30.7 Å². The van der Waals surface area contributed by atoms with E-state index in [1.807, 2.05) is 13.8 Å².